The second-order valence-electron chi connectivity index (χ2n) is 5.34. The molecule has 5 nitrogen and oxygen atoms in total. The van der Waals surface area contributed by atoms with Gasteiger partial charge in [0.05, 0.1) is 0 Å². The minimum Gasteiger partial charge on any atom is -0.366 e. The zero-order chi connectivity index (χ0) is 13.9. The quantitative estimate of drug-likeness (QED) is 0.592. The minimum absolute atomic E-state index is 0.119. The van der Waals surface area contributed by atoms with E-state index in [9.17, 15) is 0 Å². The van der Waals surface area contributed by atoms with Crippen LogP contribution in [0.4, 0.5) is 11.6 Å². The fourth-order valence-electron chi connectivity index (χ4n) is 1.53. The van der Waals surface area contributed by atoms with Crippen LogP contribution in [0.1, 0.15) is 32.2 Å². The lowest BCUT2D eigenvalue weighted by Gasteiger charge is -2.18. The van der Waals surface area contributed by atoms with Crippen LogP contribution in [0.25, 0.3) is 0 Å². The van der Waals surface area contributed by atoms with E-state index in [4.69, 9.17) is 5.84 Å². The summed E-state index contributed by atoms with van der Waals surface area (Å²) in [6.07, 6.45) is 0. The number of hydrazine groups is 1. The predicted molar refractivity (Wildman–Crippen MR) is 80.2 cm³/mol. The zero-order valence-corrected chi connectivity index (χ0v) is 12.2. The maximum Gasteiger partial charge on any atom is 0.145 e. The molecule has 0 bridgehead atoms. The standard InChI is InChI=1S/C13H19N5S/c1-13(2,3)12-16-10(6-11(17-12)18-14)15-7-9-4-5-19-8-9/h4-6,8H,7,14H2,1-3H3,(H2,15,16,17,18). The van der Waals surface area contributed by atoms with Crippen LogP contribution in [-0.4, -0.2) is 9.97 Å². The van der Waals surface area contributed by atoms with Crippen LogP contribution in [0.3, 0.4) is 0 Å². The molecule has 0 atom stereocenters. The molecule has 0 spiro atoms. The molecule has 0 unspecified atom stereocenters. The van der Waals surface area contributed by atoms with Gasteiger partial charge in [0.1, 0.15) is 17.5 Å². The Morgan fingerprint density at radius 1 is 1.26 bits per heavy atom. The highest BCUT2D eigenvalue weighted by Crippen LogP contribution is 2.22. The molecule has 0 saturated carbocycles. The molecule has 0 saturated heterocycles. The number of thiophene rings is 1. The second kappa shape index (κ2) is 5.54. The molecular formula is C13H19N5S. The van der Waals surface area contributed by atoms with E-state index in [2.05, 4.69) is 58.3 Å². The summed E-state index contributed by atoms with van der Waals surface area (Å²) in [4.78, 5) is 8.92. The van der Waals surface area contributed by atoms with E-state index in [1.165, 1.54) is 5.56 Å². The molecule has 0 aromatic carbocycles. The zero-order valence-electron chi connectivity index (χ0n) is 11.4. The number of nitrogens with zero attached hydrogens (tertiary/aromatic N) is 2. The van der Waals surface area contributed by atoms with Crippen LogP contribution >= 0.6 is 11.3 Å². The van der Waals surface area contributed by atoms with E-state index in [1.54, 1.807) is 11.3 Å². The number of nitrogens with two attached hydrogens (primary N) is 1. The van der Waals surface area contributed by atoms with Crippen molar-refractivity contribution in [2.24, 2.45) is 5.84 Å². The van der Waals surface area contributed by atoms with E-state index in [-0.39, 0.29) is 5.41 Å². The number of nitrogens with one attached hydrogen (secondary N) is 2. The molecule has 0 aliphatic carbocycles. The van der Waals surface area contributed by atoms with E-state index in [0.29, 0.717) is 5.82 Å². The van der Waals surface area contributed by atoms with Crippen molar-refractivity contribution in [1.82, 2.24) is 9.97 Å². The Kier molecular flexibility index (Phi) is 4.01. The maximum atomic E-state index is 5.46. The van der Waals surface area contributed by atoms with Crippen molar-refractivity contribution in [3.05, 3.63) is 34.3 Å². The number of hydrogen-bond acceptors (Lipinski definition) is 6. The topological polar surface area (TPSA) is 75.9 Å². The van der Waals surface area contributed by atoms with Gasteiger partial charge < -0.3 is 10.7 Å². The summed E-state index contributed by atoms with van der Waals surface area (Å²) >= 11 is 1.68. The Balaban J connectivity index is 2.19. The third kappa shape index (κ3) is 3.65. The van der Waals surface area contributed by atoms with Crippen molar-refractivity contribution in [3.8, 4) is 0 Å². The Labute approximate surface area is 117 Å². The highest BCUT2D eigenvalue weighted by molar-refractivity contribution is 7.07. The summed E-state index contributed by atoms with van der Waals surface area (Å²) in [5.74, 6) is 7.61. The number of hydrogen-bond donors (Lipinski definition) is 3. The highest BCUT2D eigenvalue weighted by atomic mass is 32.1. The fourth-order valence-corrected chi connectivity index (χ4v) is 2.20. The molecule has 102 valence electrons. The van der Waals surface area contributed by atoms with E-state index in [1.807, 2.05) is 6.07 Å². The first kappa shape index (κ1) is 13.8. The second-order valence-corrected chi connectivity index (χ2v) is 6.12. The van der Waals surface area contributed by atoms with Crippen molar-refractivity contribution in [2.75, 3.05) is 10.7 Å². The van der Waals surface area contributed by atoms with E-state index in [0.717, 1.165) is 18.2 Å². The summed E-state index contributed by atoms with van der Waals surface area (Å²) in [7, 11) is 0. The van der Waals surface area contributed by atoms with Gasteiger partial charge in [-0.3, -0.25) is 0 Å². The van der Waals surface area contributed by atoms with Crippen LogP contribution < -0.4 is 16.6 Å². The average molecular weight is 277 g/mol. The number of anilines is 2. The van der Waals surface area contributed by atoms with Crippen LogP contribution in [0.5, 0.6) is 0 Å². The number of nitrogen functional groups attached to an aromatic ring is 1. The lowest BCUT2D eigenvalue weighted by atomic mass is 9.96. The van der Waals surface area contributed by atoms with Crippen molar-refractivity contribution in [1.29, 1.82) is 0 Å². The molecule has 2 heterocycles. The first-order valence-electron chi connectivity index (χ1n) is 6.10. The van der Waals surface area contributed by atoms with Crippen molar-refractivity contribution in [2.45, 2.75) is 32.7 Å². The van der Waals surface area contributed by atoms with Gasteiger partial charge in [-0.1, -0.05) is 20.8 Å². The SMILES string of the molecule is CC(C)(C)c1nc(NN)cc(NCc2ccsc2)n1. The lowest BCUT2D eigenvalue weighted by molar-refractivity contribution is 0.546. The van der Waals surface area contributed by atoms with Crippen molar-refractivity contribution < 1.29 is 0 Å². The first-order valence-corrected chi connectivity index (χ1v) is 7.04. The molecule has 0 radical (unpaired) electrons. The summed E-state index contributed by atoms with van der Waals surface area (Å²) in [6, 6.07) is 3.90. The molecule has 2 aromatic rings. The monoisotopic (exact) mass is 277 g/mol. The molecule has 19 heavy (non-hydrogen) atoms. The number of aromatic nitrogens is 2. The van der Waals surface area contributed by atoms with Gasteiger partial charge >= 0.3 is 0 Å². The smallest absolute Gasteiger partial charge is 0.145 e. The summed E-state index contributed by atoms with van der Waals surface area (Å²) in [5, 5.41) is 7.47. The maximum absolute atomic E-state index is 5.46. The third-order valence-electron chi connectivity index (χ3n) is 2.60. The van der Waals surface area contributed by atoms with Gasteiger partial charge in [0, 0.05) is 18.0 Å². The molecule has 2 aromatic heterocycles. The molecular weight excluding hydrogens is 258 g/mol. The minimum atomic E-state index is -0.119. The Bertz CT molecular complexity index is 530. The van der Waals surface area contributed by atoms with Gasteiger partial charge in [0.15, 0.2) is 0 Å². The average Bonchev–Trinajstić information content (AvgIpc) is 2.88. The van der Waals surface area contributed by atoms with Gasteiger partial charge in [-0.25, -0.2) is 15.8 Å². The van der Waals surface area contributed by atoms with Gasteiger partial charge in [-0.15, -0.1) is 0 Å². The van der Waals surface area contributed by atoms with Crippen molar-refractivity contribution >= 4 is 23.0 Å². The molecule has 0 fully saturated rings. The third-order valence-corrected chi connectivity index (χ3v) is 3.33. The van der Waals surface area contributed by atoms with E-state index >= 15 is 0 Å². The molecule has 0 aliphatic heterocycles. The predicted octanol–water partition coefficient (Wildman–Crippen LogP) is 2.73. The Morgan fingerprint density at radius 2 is 2.00 bits per heavy atom. The van der Waals surface area contributed by atoms with Crippen molar-refractivity contribution in [3.63, 3.8) is 0 Å². The summed E-state index contributed by atoms with van der Waals surface area (Å²) < 4.78 is 0. The van der Waals surface area contributed by atoms with E-state index < -0.39 is 0 Å². The molecule has 0 amide bonds. The normalized spacial score (nSPS) is 11.4. The summed E-state index contributed by atoms with van der Waals surface area (Å²) in [5.41, 5.74) is 3.70. The molecule has 2 rings (SSSR count). The van der Waals surface area contributed by atoms with Crippen LogP contribution in [0, 0.1) is 0 Å². The Morgan fingerprint density at radius 3 is 2.58 bits per heavy atom. The number of rotatable bonds is 4. The van der Waals surface area contributed by atoms with Gasteiger partial charge in [-0.05, 0) is 22.4 Å². The van der Waals surface area contributed by atoms with Gasteiger partial charge in [0.25, 0.3) is 0 Å². The van der Waals surface area contributed by atoms with Crippen LogP contribution in [-0.2, 0) is 12.0 Å². The first-order chi connectivity index (χ1) is 8.99. The molecule has 0 aliphatic rings. The van der Waals surface area contributed by atoms with Gasteiger partial charge in [-0.2, -0.15) is 11.3 Å². The Hall–Kier alpha value is -1.66. The molecule has 6 heteroatoms. The largest absolute Gasteiger partial charge is 0.366 e. The van der Waals surface area contributed by atoms with Crippen LogP contribution in [0.15, 0.2) is 22.9 Å². The lowest BCUT2D eigenvalue weighted by Crippen LogP contribution is -2.20. The fraction of sp³-hybridized carbons (Fsp3) is 0.385. The van der Waals surface area contributed by atoms with Crippen LogP contribution in [0.2, 0.25) is 0 Å². The summed E-state index contributed by atoms with van der Waals surface area (Å²) in [6.45, 7) is 6.97. The molecule has 4 N–H and O–H groups in total. The highest BCUT2D eigenvalue weighted by Gasteiger charge is 2.19. The van der Waals surface area contributed by atoms with Gasteiger partial charge in [0.2, 0.25) is 0 Å².